The second-order valence-electron chi connectivity index (χ2n) is 4.56. The Bertz CT molecular complexity index is 418. The summed E-state index contributed by atoms with van der Waals surface area (Å²) in [6.45, 7) is 0.919. The lowest BCUT2D eigenvalue weighted by molar-refractivity contribution is 0.0371. The Morgan fingerprint density at radius 1 is 1.37 bits per heavy atom. The van der Waals surface area contributed by atoms with Gasteiger partial charge in [0, 0.05) is 12.7 Å². The number of nitrogens with zero attached hydrogens (tertiary/aromatic N) is 1. The molecule has 7 heteroatoms. The molecule has 19 heavy (non-hydrogen) atoms. The highest BCUT2D eigenvalue weighted by molar-refractivity contribution is 5.94. The fraction of sp³-hybridized carbons (Fsp3) is 0.583. The Labute approximate surface area is 111 Å². The van der Waals surface area contributed by atoms with Crippen molar-refractivity contribution in [2.45, 2.75) is 25.4 Å². The Morgan fingerprint density at radius 2 is 1.95 bits per heavy atom. The molecule has 0 bridgehead atoms. The van der Waals surface area contributed by atoms with E-state index >= 15 is 0 Å². The van der Waals surface area contributed by atoms with E-state index in [1.54, 1.807) is 10.8 Å². The van der Waals surface area contributed by atoms with Crippen LogP contribution in [0.25, 0.3) is 0 Å². The van der Waals surface area contributed by atoms with Crippen molar-refractivity contribution < 1.29 is 20.1 Å². The van der Waals surface area contributed by atoms with Gasteiger partial charge in [-0.05, 0) is 12.5 Å². The number of amides is 1. The highest BCUT2D eigenvalue weighted by atomic mass is 16.3. The summed E-state index contributed by atoms with van der Waals surface area (Å²) in [6.07, 6.45) is 2.48. The van der Waals surface area contributed by atoms with Crippen molar-refractivity contribution in [3.63, 3.8) is 0 Å². The van der Waals surface area contributed by atoms with Gasteiger partial charge in [-0.3, -0.25) is 4.79 Å². The van der Waals surface area contributed by atoms with Gasteiger partial charge >= 0.3 is 0 Å². The van der Waals surface area contributed by atoms with E-state index in [0.29, 0.717) is 17.9 Å². The van der Waals surface area contributed by atoms with Crippen molar-refractivity contribution in [1.29, 1.82) is 0 Å². The zero-order valence-corrected chi connectivity index (χ0v) is 11.0. The number of carbonyl (C=O) groups is 1. The maximum absolute atomic E-state index is 12.1. The Kier molecular flexibility index (Phi) is 5.34. The van der Waals surface area contributed by atoms with Crippen molar-refractivity contribution in [1.82, 2.24) is 9.88 Å². The van der Waals surface area contributed by atoms with Gasteiger partial charge in [-0.1, -0.05) is 6.92 Å². The van der Waals surface area contributed by atoms with Crippen LogP contribution in [-0.4, -0.2) is 51.2 Å². The maximum Gasteiger partial charge on any atom is 0.268 e. The van der Waals surface area contributed by atoms with Crippen LogP contribution in [0.2, 0.25) is 0 Å². The summed E-state index contributed by atoms with van der Waals surface area (Å²) >= 11 is 0. The van der Waals surface area contributed by atoms with Gasteiger partial charge in [0.25, 0.3) is 5.91 Å². The predicted molar refractivity (Wildman–Crippen MR) is 70.6 cm³/mol. The maximum atomic E-state index is 12.1. The summed E-state index contributed by atoms with van der Waals surface area (Å²) < 4.78 is 1.70. The molecule has 0 radical (unpaired) electrons. The number of nitrogens with one attached hydrogen (secondary N) is 1. The Hall–Kier alpha value is -1.57. The fourth-order valence-corrected chi connectivity index (χ4v) is 1.72. The van der Waals surface area contributed by atoms with Gasteiger partial charge in [0.1, 0.15) is 11.2 Å². The molecule has 108 valence electrons. The highest BCUT2D eigenvalue weighted by Crippen LogP contribution is 2.13. The summed E-state index contributed by atoms with van der Waals surface area (Å²) in [5, 5.41) is 30.0. The number of hydrogen-bond acceptors (Lipinski definition) is 5. The van der Waals surface area contributed by atoms with Gasteiger partial charge in [0.2, 0.25) is 0 Å². The van der Waals surface area contributed by atoms with Crippen LogP contribution in [0.5, 0.6) is 0 Å². The van der Waals surface area contributed by atoms with Gasteiger partial charge in [-0.2, -0.15) is 0 Å². The summed E-state index contributed by atoms with van der Waals surface area (Å²) in [7, 11) is 0. The zero-order valence-electron chi connectivity index (χ0n) is 11.0. The molecule has 1 rings (SSSR count). The van der Waals surface area contributed by atoms with Crippen LogP contribution in [0.1, 0.15) is 23.8 Å². The first-order valence-corrected chi connectivity index (χ1v) is 6.12. The third kappa shape index (κ3) is 3.46. The number of aromatic nitrogens is 1. The minimum Gasteiger partial charge on any atom is -0.397 e. The fourth-order valence-electron chi connectivity index (χ4n) is 1.72. The molecule has 1 heterocycles. The van der Waals surface area contributed by atoms with Gasteiger partial charge in [0.15, 0.2) is 0 Å². The van der Waals surface area contributed by atoms with Crippen molar-refractivity contribution in [2.75, 3.05) is 25.6 Å². The van der Waals surface area contributed by atoms with E-state index in [-0.39, 0.29) is 0 Å². The molecule has 0 aromatic carbocycles. The van der Waals surface area contributed by atoms with E-state index in [0.717, 1.165) is 6.42 Å². The van der Waals surface area contributed by atoms with Gasteiger partial charge in [0.05, 0.1) is 25.5 Å². The lowest BCUT2D eigenvalue weighted by Crippen LogP contribution is -2.57. The molecule has 1 aromatic rings. The summed E-state index contributed by atoms with van der Waals surface area (Å²) in [5.74, 6) is -0.498. The molecule has 1 aromatic heterocycles. The molecule has 0 aliphatic heterocycles. The molecule has 0 saturated carbocycles. The number of nitrogens with two attached hydrogens (primary N) is 1. The van der Waals surface area contributed by atoms with Gasteiger partial charge < -0.3 is 30.9 Å². The highest BCUT2D eigenvalue weighted by Gasteiger charge is 2.31. The molecule has 0 spiro atoms. The number of aryl methyl sites for hydroxylation is 1. The summed E-state index contributed by atoms with van der Waals surface area (Å²) in [5.41, 5.74) is 5.01. The molecule has 0 atom stereocenters. The smallest absolute Gasteiger partial charge is 0.268 e. The van der Waals surface area contributed by atoms with E-state index < -0.39 is 31.3 Å². The van der Waals surface area contributed by atoms with E-state index in [2.05, 4.69) is 5.32 Å². The predicted octanol–water partition coefficient (Wildman–Crippen LogP) is -1.07. The van der Waals surface area contributed by atoms with Crippen molar-refractivity contribution in [2.24, 2.45) is 0 Å². The zero-order chi connectivity index (χ0) is 14.5. The van der Waals surface area contributed by atoms with E-state index in [1.807, 2.05) is 6.92 Å². The minimum absolute atomic E-state index is 0.332. The second kappa shape index (κ2) is 6.55. The third-order valence-corrected chi connectivity index (χ3v) is 2.90. The Balaban J connectivity index is 2.94. The molecule has 0 aliphatic carbocycles. The standard InChI is InChI=1S/C12H21N3O4/c1-2-3-15-5-9(13)4-10(15)11(19)14-12(6-16,7-17)8-18/h4-5,16-18H,2-3,6-8,13H2,1H3,(H,14,19). The molecule has 1 amide bonds. The van der Waals surface area contributed by atoms with Crippen molar-refractivity contribution >= 4 is 11.6 Å². The van der Waals surface area contributed by atoms with Crippen LogP contribution < -0.4 is 11.1 Å². The minimum atomic E-state index is -1.44. The molecule has 7 nitrogen and oxygen atoms in total. The molecule has 0 aliphatic rings. The molecule has 0 saturated heterocycles. The van der Waals surface area contributed by atoms with Gasteiger partial charge in [-0.25, -0.2) is 0 Å². The van der Waals surface area contributed by atoms with Crippen LogP contribution in [-0.2, 0) is 6.54 Å². The number of anilines is 1. The number of hydrogen-bond donors (Lipinski definition) is 5. The SMILES string of the molecule is CCCn1cc(N)cc1C(=O)NC(CO)(CO)CO. The van der Waals surface area contributed by atoms with Crippen LogP contribution in [0.4, 0.5) is 5.69 Å². The molecular weight excluding hydrogens is 250 g/mol. The summed E-state index contributed by atoms with van der Waals surface area (Å²) in [4.78, 5) is 12.1. The average Bonchev–Trinajstić information content (AvgIpc) is 2.77. The van der Waals surface area contributed by atoms with E-state index in [9.17, 15) is 20.1 Å². The van der Waals surface area contributed by atoms with Crippen LogP contribution in [0.15, 0.2) is 12.3 Å². The average molecular weight is 271 g/mol. The van der Waals surface area contributed by atoms with Crippen LogP contribution >= 0.6 is 0 Å². The molecule has 6 N–H and O–H groups in total. The number of nitrogen functional groups attached to an aromatic ring is 1. The van der Waals surface area contributed by atoms with E-state index in [1.165, 1.54) is 6.07 Å². The third-order valence-electron chi connectivity index (χ3n) is 2.90. The second-order valence-corrected chi connectivity index (χ2v) is 4.56. The molecule has 0 unspecified atom stereocenters. The first-order valence-electron chi connectivity index (χ1n) is 6.12. The Morgan fingerprint density at radius 3 is 2.42 bits per heavy atom. The lowest BCUT2D eigenvalue weighted by atomic mass is 10.0. The monoisotopic (exact) mass is 271 g/mol. The first-order chi connectivity index (χ1) is 9.01. The topological polar surface area (TPSA) is 121 Å². The van der Waals surface area contributed by atoms with Crippen LogP contribution in [0.3, 0.4) is 0 Å². The number of aliphatic hydroxyl groups excluding tert-OH is 3. The summed E-state index contributed by atoms with van der Waals surface area (Å²) in [6, 6.07) is 1.52. The first kappa shape index (κ1) is 15.5. The van der Waals surface area contributed by atoms with Crippen molar-refractivity contribution in [3.8, 4) is 0 Å². The number of rotatable bonds is 7. The number of carbonyl (C=O) groups excluding carboxylic acids is 1. The lowest BCUT2D eigenvalue weighted by Gasteiger charge is -2.28. The van der Waals surface area contributed by atoms with Crippen LogP contribution in [0, 0.1) is 0 Å². The van der Waals surface area contributed by atoms with E-state index in [4.69, 9.17) is 5.73 Å². The molecule has 0 fully saturated rings. The normalized spacial score (nSPS) is 11.6. The number of aliphatic hydroxyl groups is 3. The van der Waals surface area contributed by atoms with Crippen molar-refractivity contribution in [3.05, 3.63) is 18.0 Å². The quantitative estimate of drug-likeness (QED) is 0.432. The largest absolute Gasteiger partial charge is 0.397 e. The van der Waals surface area contributed by atoms with Gasteiger partial charge in [-0.15, -0.1) is 0 Å². The molecular formula is C12H21N3O4.